The van der Waals surface area contributed by atoms with Crippen LogP contribution in [0.5, 0.6) is 0 Å². The van der Waals surface area contributed by atoms with Crippen LogP contribution in [-0.4, -0.2) is 26.3 Å². The average Bonchev–Trinajstić information content (AvgIpc) is 3.17. The molecule has 0 aliphatic rings. The molecule has 0 aliphatic heterocycles. The van der Waals surface area contributed by atoms with Crippen molar-refractivity contribution in [1.29, 1.82) is 0 Å². The van der Waals surface area contributed by atoms with E-state index in [9.17, 15) is 4.79 Å². The Morgan fingerprint density at radius 3 is 2.75 bits per heavy atom. The maximum absolute atomic E-state index is 12.3. The van der Waals surface area contributed by atoms with E-state index in [-0.39, 0.29) is 11.2 Å². The van der Waals surface area contributed by atoms with Gasteiger partial charge in [0.1, 0.15) is 0 Å². The van der Waals surface area contributed by atoms with E-state index in [1.807, 2.05) is 17.5 Å². The summed E-state index contributed by atoms with van der Waals surface area (Å²) in [4.78, 5) is 16.7. The molecule has 1 atom stereocenters. The number of amides is 1. The van der Waals surface area contributed by atoms with E-state index < -0.39 is 0 Å². The van der Waals surface area contributed by atoms with Crippen molar-refractivity contribution in [3.05, 3.63) is 34.7 Å². The van der Waals surface area contributed by atoms with Crippen molar-refractivity contribution in [2.45, 2.75) is 16.5 Å². The molecule has 10 heteroatoms. The van der Waals surface area contributed by atoms with Gasteiger partial charge in [0.25, 0.3) is 0 Å². The number of anilines is 2. The largest absolute Gasteiger partial charge is 0.374 e. The van der Waals surface area contributed by atoms with Crippen LogP contribution in [0.3, 0.4) is 0 Å². The zero-order chi connectivity index (χ0) is 17.1. The standard InChI is InChI=1S/C14H12ClN5OS3/c1-7(23-14-20-19-12(16)24-14)11(21)18-13-17-10(6-22-13)8-2-4-9(15)5-3-8/h2-7H,1H3,(H2,16,19)(H,17,18,21). The summed E-state index contributed by atoms with van der Waals surface area (Å²) in [6.45, 7) is 1.80. The topological polar surface area (TPSA) is 93.8 Å². The third-order valence-corrected chi connectivity index (χ3v) is 5.89. The molecule has 0 aliphatic carbocycles. The maximum Gasteiger partial charge on any atom is 0.239 e. The molecule has 0 fully saturated rings. The first-order valence-electron chi connectivity index (χ1n) is 6.79. The van der Waals surface area contributed by atoms with E-state index in [1.54, 1.807) is 19.1 Å². The number of nitrogens with zero attached hydrogens (tertiary/aromatic N) is 3. The normalized spacial score (nSPS) is 12.1. The predicted molar refractivity (Wildman–Crippen MR) is 101 cm³/mol. The van der Waals surface area contributed by atoms with Crippen LogP contribution in [0.4, 0.5) is 10.3 Å². The van der Waals surface area contributed by atoms with Crippen LogP contribution >= 0.6 is 46.0 Å². The van der Waals surface area contributed by atoms with Crippen LogP contribution in [0.1, 0.15) is 6.92 Å². The highest BCUT2D eigenvalue weighted by atomic mass is 35.5. The molecule has 0 saturated carbocycles. The molecule has 124 valence electrons. The number of nitrogen functional groups attached to an aromatic ring is 1. The van der Waals surface area contributed by atoms with Crippen LogP contribution < -0.4 is 11.1 Å². The molecule has 2 aromatic heterocycles. The highest BCUT2D eigenvalue weighted by Crippen LogP contribution is 2.29. The van der Waals surface area contributed by atoms with Crippen LogP contribution in [0.25, 0.3) is 11.3 Å². The summed E-state index contributed by atoms with van der Waals surface area (Å²) >= 11 is 9.83. The Morgan fingerprint density at radius 1 is 1.33 bits per heavy atom. The van der Waals surface area contributed by atoms with Gasteiger partial charge in [-0.15, -0.1) is 21.5 Å². The fraction of sp³-hybridized carbons (Fsp3) is 0.143. The fourth-order valence-electron chi connectivity index (χ4n) is 1.76. The van der Waals surface area contributed by atoms with Gasteiger partial charge >= 0.3 is 0 Å². The SMILES string of the molecule is CC(Sc1nnc(N)s1)C(=O)Nc1nc(-c2ccc(Cl)cc2)cs1. The van der Waals surface area contributed by atoms with Gasteiger partial charge in [0.05, 0.1) is 10.9 Å². The van der Waals surface area contributed by atoms with Crippen LogP contribution in [0.2, 0.25) is 5.02 Å². The second kappa shape index (κ2) is 7.47. The Bertz CT molecular complexity index is 848. The Kier molecular flexibility index (Phi) is 5.34. The van der Waals surface area contributed by atoms with Gasteiger partial charge < -0.3 is 11.1 Å². The number of nitrogens with one attached hydrogen (secondary N) is 1. The van der Waals surface area contributed by atoms with E-state index >= 15 is 0 Å². The minimum absolute atomic E-state index is 0.147. The Morgan fingerprint density at radius 2 is 2.08 bits per heavy atom. The fourth-order valence-corrected chi connectivity index (χ4v) is 4.39. The predicted octanol–water partition coefficient (Wildman–Crippen LogP) is 4.02. The first-order chi connectivity index (χ1) is 11.5. The van der Waals surface area contributed by atoms with E-state index in [4.69, 9.17) is 17.3 Å². The van der Waals surface area contributed by atoms with Gasteiger partial charge in [-0.1, -0.05) is 46.8 Å². The highest BCUT2D eigenvalue weighted by molar-refractivity contribution is 8.02. The summed E-state index contributed by atoms with van der Waals surface area (Å²) in [7, 11) is 0. The Labute approximate surface area is 155 Å². The molecule has 0 spiro atoms. The molecule has 1 unspecified atom stereocenters. The molecule has 2 heterocycles. The molecular weight excluding hydrogens is 386 g/mol. The molecule has 6 nitrogen and oxygen atoms in total. The van der Waals surface area contributed by atoms with Crippen molar-refractivity contribution < 1.29 is 4.79 Å². The highest BCUT2D eigenvalue weighted by Gasteiger charge is 2.18. The first kappa shape index (κ1) is 17.2. The maximum atomic E-state index is 12.3. The summed E-state index contributed by atoms with van der Waals surface area (Å²) < 4.78 is 0.663. The quantitative estimate of drug-likeness (QED) is 0.631. The van der Waals surface area contributed by atoms with Gasteiger partial charge in [0.2, 0.25) is 11.0 Å². The number of benzene rings is 1. The van der Waals surface area contributed by atoms with E-state index in [2.05, 4.69) is 20.5 Å². The van der Waals surface area contributed by atoms with Gasteiger partial charge in [-0.05, 0) is 19.1 Å². The van der Waals surface area contributed by atoms with Crippen molar-refractivity contribution in [1.82, 2.24) is 15.2 Å². The average molecular weight is 398 g/mol. The number of thioether (sulfide) groups is 1. The molecular formula is C14H12ClN5OS3. The van der Waals surface area contributed by atoms with Gasteiger partial charge in [-0.2, -0.15) is 0 Å². The van der Waals surface area contributed by atoms with Crippen LogP contribution in [0.15, 0.2) is 34.0 Å². The Balaban J connectivity index is 1.63. The number of hydrogen-bond donors (Lipinski definition) is 2. The molecule has 3 aromatic rings. The molecule has 24 heavy (non-hydrogen) atoms. The van der Waals surface area contributed by atoms with Crippen molar-refractivity contribution in [3.63, 3.8) is 0 Å². The van der Waals surface area contributed by atoms with Gasteiger partial charge in [0, 0.05) is 16.0 Å². The minimum Gasteiger partial charge on any atom is -0.374 e. The van der Waals surface area contributed by atoms with E-state index in [1.165, 1.54) is 34.4 Å². The number of halogens is 1. The number of nitrogens with two attached hydrogens (primary N) is 1. The van der Waals surface area contributed by atoms with E-state index in [0.29, 0.717) is 19.6 Å². The lowest BCUT2D eigenvalue weighted by molar-refractivity contribution is -0.115. The number of thiazole rings is 1. The number of carbonyl (C=O) groups excluding carboxylic acids is 1. The lowest BCUT2D eigenvalue weighted by Crippen LogP contribution is -2.22. The summed E-state index contributed by atoms with van der Waals surface area (Å²) in [5.74, 6) is -0.147. The molecule has 0 bridgehead atoms. The monoisotopic (exact) mass is 397 g/mol. The zero-order valence-corrected chi connectivity index (χ0v) is 15.6. The number of aromatic nitrogens is 3. The molecule has 1 aromatic carbocycles. The molecule has 0 radical (unpaired) electrons. The minimum atomic E-state index is -0.333. The van der Waals surface area contributed by atoms with Crippen molar-refractivity contribution in [2.24, 2.45) is 0 Å². The lowest BCUT2D eigenvalue weighted by atomic mass is 10.2. The third-order valence-electron chi connectivity index (χ3n) is 2.94. The summed E-state index contributed by atoms with van der Waals surface area (Å²) in [6.07, 6.45) is 0. The smallest absolute Gasteiger partial charge is 0.239 e. The summed E-state index contributed by atoms with van der Waals surface area (Å²) in [5, 5.41) is 13.6. The zero-order valence-electron chi connectivity index (χ0n) is 12.4. The Hall–Kier alpha value is -1.68. The number of carbonyl (C=O) groups is 1. The van der Waals surface area contributed by atoms with Gasteiger partial charge in [-0.25, -0.2) is 4.98 Å². The summed E-state index contributed by atoms with van der Waals surface area (Å²) in [6, 6.07) is 7.39. The first-order valence-corrected chi connectivity index (χ1v) is 9.74. The van der Waals surface area contributed by atoms with E-state index in [0.717, 1.165) is 11.3 Å². The summed E-state index contributed by atoms with van der Waals surface area (Å²) in [5.41, 5.74) is 7.28. The van der Waals surface area contributed by atoms with Crippen molar-refractivity contribution >= 4 is 62.2 Å². The second-order valence-electron chi connectivity index (χ2n) is 4.70. The molecule has 3 rings (SSSR count). The second-order valence-corrected chi connectivity index (χ2v) is 8.59. The number of hydrogen-bond acceptors (Lipinski definition) is 8. The lowest BCUT2D eigenvalue weighted by Gasteiger charge is -2.07. The molecule has 1 amide bonds. The van der Waals surface area contributed by atoms with Crippen LogP contribution in [-0.2, 0) is 4.79 Å². The third kappa shape index (κ3) is 4.23. The molecule has 0 saturated heterocycles. The van der Waals surface area contributed by atoms with Gasteiger partial charge in [0.15, 0.2) is 9.47 Å². The van der Waals surface area contributed by atoms with Crippen LogP contribution in [0, 0.1) is 0 Å². The molecule has 3 N–H and O–H groups in total. The van der Waals surface area contributed by atoms with Crippen molar-refractivity contribution in [3.8, 4) is 11.3 Å². The van der Waals surface area contributed by atoms with Gasteiger partial charge in [-0.3, -0.25) is 4.79 Å². The van der Waals surface area contributed by atoms with Crippen molar-refractivity contribution in [2.75, 3.05) is 11.1 Å². The number of rotatable bonds is 5.